The molecule has 0 spiro atoms. The molecular formula is C17H14N4O4S. The molecule has 0 saturated carbocycles. The third kappa shape index (κ3) is 2.01. The summed E-state index contributed by atoms with van der Waals surface area (Å²) in [4.78, 5) is 29.2. The molecule has 0 bridgehead atoms. The van der Waals surface area contributed by atoms with E-state index in [9.17, 15) is 14.7 Å². The van der Waals surface area contributed by atoms with Crippen molar-refractivity contribution in [2.75, 3.05) is 18.6 Å². The Kier molecular flexibility index (Phi) is 3.40. The summed E-state index contributed by atoms with van der Waals surface area (Å²) in [6.07, 6.45) is 0. The number of nitrogens with zero attached hydrogens (tertiary/aromatic N) is 1. The first-order valence-corrected chi connectivity index (χ1v) is 8.40. The van der Waals surface area contributed by atoms with Crippen LogP contribution in [0.3, 0.4) is 0 Å². The fourth-order valence-electron chi connectivity index (χ4n) is 3.19. The smallest absolute Gasteiger partial charge is 0.350 e. The molecule has 1 atom stereocenters. The number of thiophene rings is 1. The number of aliphatic hydroxyl groups is 1. The number of amides is 1. The van der Waals surface area contributed by atoms with Gasteiger partial charge in [0.15, 0.2) is 5.72 Å². The van der Waals surface area contributed by atoms with Gasteiger partial charge in [-0.3, -0.25) is 4.79 Å². The third-order valence-electron chi connectivity index (χ3n) is 4.35. The van der Waals surface area contributed by atoms with Gasteiger partial charge in [-0.1, -0.05) is 30.3 Å². The van der Waals surface area contributed by atoms with Crippen LogP contribution in [0.5, 0.6) is 0 Å². The lowest BCUT2D eigenvalue weighted by molar-refractivity contribution is 0.0483. The van der Waals surface area contributed by atoms with Crippen LogP contribution in [-0.4, -0.2) is 29.1 Å². The molecule has 26 heavy (non-hydrogen) atoms. The Labute approximate surface area is 151 Å². The van der Waals surface area contributed by atoms with Gasteiger partial charge < -0.3 is 26.6 Å². The number of methoxy groups -OCH3 is 1. The summed E-state index contributed by atoms with van der Waals surface area (Å²) in [6.45, 7) is 0. The van der Waals surface area contributed by atoms with E-state index in [1.54, 1.807) is 30.3 Å². The SMILES string of the molecule is COC(=O)c1sc2nc(N)c3c(c2c1N)C(O)(c1ccccc1)NC3=O. The average molecular weight is 370 g/mol. The first-order chi connectivity index (χ1) is 12.4. The molecule has 132 valence electrons. The predicted octanol–water partition coefficient (Wildman–Crippen LogP) is 1.18. The zero-order chi connectivity index (χ0) is 18.6. The van der Waals surface area contributed by atoms with Gasteiger partial charge >= 0.3 is 5.97 Å². The molecule has 6 N–H and O–H groups in total. The fourth-order valence-corrected chi connectivity index (χ4v) is 4.22. The Hall–Kier alpha value is -3.17. The summed E-state index contributed by atoms with van der Waals surface area (Å²) in [5, 5.41) is 14.2. The van der Waals surface area contributed by atoms with Gasteiger partial charge in [-0.15, -0.1) is 11.3 Å². The van der Waals surface area contributed by atoms with Crippen molar-refractivity contribution >= 4 is 44.9 Å². The number of benzene rings is 1. The maximum Gasteiger partial charge on any atom is 0.350 e. The summed E-state index contributed by atoms with van der Waals surface area (Å²) in [6, 6.07) is 8.59. The van der Waals surface area contributed by atoms with Crippen LogP contribution < -0.4 is 16.8 Å². The predicted molar refractivity (Wildman–Crippen MR) is 96.7 cm³/mol. The van der Waals surface area contributed by atoms with E-state index in [4.69, 9.17) is 16.2 Å². The Morgan fingerprint density at radius 1 is 1.31 bits per heavy atom. The first-order valence-electron chi connectivity index (χ1n) is 7.59. The quantitative estimate of drug-likeness (QED) is 0.497. The van der Waals surface area contributed by atoms with E-state index in [2.05, 4.69) is 10.3 Å². The molecule has 0 radical (unpaired) electrons. The van der Waals surface area contributed by atoms with Crippen LogP contribution in [0.15, 0.2) is 30.3 Å². The van der Waals surface area contributed by atoms with Gasteiger partial charge in [0.2, 0.25) is 0 Å². The number of rotatable bonds is 2. The first kappa shape index (κ1) is 16.3. The van der Waals surface area contributed by atoms with E-state index in [1.165, 1.54) is 7.11 Å². The molecule has 3 aromatic rings. The normalized spacial score (nSPS) is 18.6. The second-order valence-electron chi connectivity index (χ2n) is 5.79. The van der Waals surface area contributed by atoms with E-state index >= 15 is 0 Å². The number of carbonyl (C=O) groups is 2. The Morgan fingerprint density at radius 3 is 2.65 bits per heavy atom. The molecule has 0 aliphatic carbocycles. The third-order valence-corrected chi connectivity index (χ3v) is 5.43. The number of nitrogens with two attached hydrogens (primary N) is 2. The van der Waals surface area contributed by atoms with Gasteiger partial charge in [0, 0.05) is 16.5 Å². The number of nitrogens with one attached hydrogen (secondary N) is 1. The molecule has 8 nitrogen and oxygen atoms in total. The van der Waals surface area contributed by atoms with E-state index in [0.29, 0.717) is 15.8 Å². The number of carbonyl (C=O) groups excluding carboxylic acids is 2. The molecule has 0 saturated heterocycles. The zero-order valence-electron chi connectivity index (χ0n) is 13.6. The van der Waals surface area contributed by atoms with Crippen LogP contribution in [0.4, 0.5) is 11.5 Å². The molecule has 2 aromatic heterocycles. The minimum Gasteiger partial charge on any atom is -0.465 e. The van der Waals surface area contributed by atoms with Crippen molar-refractivity contribution in [1.29, 1.82) is 0 Å². The minimum atomic E-state index is -1.84. The number of anilines is 2. The van der Waals surface area contributed by atoms with Crippen LogP contribution in [0.25, 0.3) is 10.2 Å². The number of fused-ring (bicyclic) bond motifs is 3. The molecule has 9 heteroatoms. The molecule has 1 amide bonds. The summed E-state index contributed by atoms with van der Waals surface area (Å²) < 4.78 is 4.74. The maximum atomic E-state index is 12.5. The van der Waals surface area contributed by atoms with Gasteiger partial charge in [0.25, 0.3) is 5.91 Å². The van der Waals surface area contributed by atoms with Crippen molar-refractivity contribution < 1.29 is 19.4 Å². The second kappa shape index (κ2) is 5.41. The number of hydrogen-bond donors (Lipinski definition) is 4. The van der Waals surface area contributed by atoms with E-state index in [1.807, 2.05) is 0 Å². The van der Waals surface area contributed by atoms with Crippen LogP contribution in [0.2, 0.25) is 0 Å². The van der Waals surface area contributed by atoms with Gasteiger partial charge in [-0.05, 0) is 0 Å². The molecular weight excluding hydrogens is 356 g/mol. The average Bonchev–Trinajstić information content (AvgIpc) is 3.10. The van der Waals surface area contributed by atoms with E-state index < -0.39 is 17.6 Å². The largest absolute Gasteiger partial charge is 0.465 e. The van der Waals surface area contributed by atoms with E-state index in [0.717, 1.165) is 11.3 Å². The van der Waals surface area contributed by atoms with E-state index in [-0.39, 0.29) is 27.5 Å². The van der Waals surface area contributed by atoms with Crippen molar-refractivity contribution in [3.8, 4) is 0 Å². The number of esters is 1. The lowest BCUT2D eigenvalue weighted by atomic mass is 9.92. The monoisotopic (exact) mass is 370 g/mol. The highest BCUT2D eigenvalue weighted by Crippen LogP contribution is 2.46. The zero-order valence-corrected chi connectivity index (χ0v) is 14.4. The molecule has 1 aromatic carbocycles. The lowest BCUT2D eigenvalue weighted by Gasteiger charge is -2.25. The summed E-state index contributed by atoms with van der Waals surface area (Å²) >= 11 is 0.993. The highest BCUT2D eigenvalue weighted by molar-refractivity contribution is 7.21. The summed E-state index contributed by atoms with van der Waals surface area (Å²) in [5.74, 6) is -1.24. The van der Waals surface area contributed by atoms with Crippen molar-refractivity contribution in [2.24, 2.45) is 0 Å². The van der Waals surface area contributed by atoms with Gasteiger partial charge in [0.05, 0.1) is 18.4 Å². The highest BCUT2D eigenvalue weighted by atomic mass is 32.1. The molecule has 0 fully saturated rings. The standard InChI is InChI=1S/C17H14N4O4S/c1-25-16(23)12-11(18)8-10-9(13(19)20-15(8)26-12)14(22)21-17(10,24)7-5-3-2-4-6-7/h2-6,24H,18H2,1H3,(H2,19,20)(H,21,22). The van der Waals surface area contributed by atoms with Gasteiger partial charge in [-0.2, -0.15) is 0 Å². The number of hydrogen-bond acceptors (Lipinski definition) is 8. The number of pyridine rings is 1. The van der Waals surface area contributed by atoms with Crippen molar-refractivity contribution in [1.82, 2.24) is 10.3 Å². The Morgan fingerprint density at radius 2 is 2.00 bits per heavy atom. The highest BCUT2D eigenvalue weighted by Gasteiger charge is 2.47. The molecule has 4 rings (SSSR count). The van der Waals surface area contributed by atoms with Gasteiger partial charge in [0.1, 0.15) is 15.5 Å². The lowest BCUT2D eigenvalue weighted by Crippen LogP contribution is -2.40. The summed E-state index contributed by atoms with van der Waals surface area (Å²) in [5.41, 5.74) is 11.0. The van der Waals surface area contributed by atoms with Crippen LogP contribution in [-0.2, 0) is 10.5 Å². The minimum absolute atomic E-state index is 0.0461. The van der Waals surface area contributed by atoms with Crippen molar-refractivity contribution in [3.05, 3.63) is 51.9 Å². The Bertz CT molecular complexity index is 1080. The number of nitrogen functional groups attached to an aromatic ring is 2. The molecule has 3 heterocycles. The summed E-state index contributed by atoms with van der Waals surface area (Å²) in [7, 11) is 1.24. The van der Waals surface area contributed by atoms with Crippen LogP contribution in [0, 0.1) is 0 Å². The topological polar surface area (TPSA) is 141 Å². The number of aromatic nitrogens is 1. The second-order valence-corrected chi connectivity index (χ2v) is 6.79. The maximum absolute atomic E-state index is 12.5. The van der Waals surface area contributed by atoms with Gasteiger partial charge in [-0.25, -0.2) is 9.78 Å². The number of ether oxygens (including phenoxy) is 1. The van der Waals surface area contributed by atoms with Crippen molar-refractivity contribution in [2.45, 2.75) is 5.72 Å². The molecule has 1 unspecified atom stereocenters. The fraction of sp³-hybridized carbons (Fsp3) is 0.118. The molecule has 1 aliphatic rings. The van der Waals surface area contributed by atoms with Crippen LogP contribution in [0.1, 0.15) is 31.2 Å². The molecule has 1 aliphatic heterocycles. The van der Waals surface area contributed by atoms with Crippen molar-refractivity contribution in [3.63, 3.8) is 0 Å². The van der Waals surface area contributed by atoms with Crippen LogP contribution >= 0.6 is 11.3 Å². The Balaban J connectivity index is 2.12.